The number of imidazole rings is 1. The van der Waals surface area contributed by atoms with Gasteiger partial charge in [0.2, 0.25) is 0 Å². The Morgan fingerprint density at radius 3 is 2.27 bits per heavy atom. The Labute approximate surface area is 155 Å². The van der Waals surface area contributed by atoms with Gasteiger partial charge in [0.25, 0.3) is 0 Å². The third-order valence-corrected chi connectivity index (χ3v) is 5.18. The van der Waals surface area contributed by atoms with Crippen LogP contribution in [0.4, 0.5) is 5.69 Å². The van der Waals surface area contributed by atoms with Crippen molar-refractivity contribution in [1.29, 1.82) is 0 Å². The molecule has 0 saturated carbocycles. The summed E-state index contributed by atoms with van der Waals surface area (Å²) in [5, 5.41) is 0. The molecule has 134 valence electrons. The number of para-hydroxylation sites is 1. The van der Waals surface area contributed by atoms with Crippen molar-refractivity contribution in [2.24, 2.45) is 0 Å². The van der Waals surface area contributed by atoms with Crippen molar-refractivity contribution in [3.8, 4) is 11.4 Å². The predicted octanol–water partition coefficient (Wildman–Crippen LogP) is 4.02. The van der Waals surface area contributed by atoms with Crippen LogP contribution in [-0.4, -0.2) is 41.0 Å². The van der Waals surface area contributed by atoms with Crippen LogP contribution in [-0.2, 0) is 6.54 Å². The smallest absolute Gasteiger partial charge is 0.137 e. The van der Waals surface area contributed by atoms with Crippen molar-refractivity contribution in [2.45, 2.75) is 20.4 Å². The number of rotatable bonds is 4. The molecule has 1 aliphatic rings. The molecule has 4 rings (SSSR count). The van der Waals surface area contributed by atoms with Crippen LogP contribution in [0.2, 0.25) is 0 Å². The Bertz CT molecular complexity index is 844. The lowest BCUT2D eigenvalue weighted by Gasteiger charge is -2.35. The first-order chi connectivity index (χ1) is 12.7. The van der Waals surface area contributed by atoms with Crippen molar-refractivity contribution < 1.29 is 0 Å². The molecule has 1 N–H and O–H groups in total. The number of anilines is 1. The summed E-state index contributed by atoms with van der Waals surface area (Å²) in [7, 11) is 0. The standard InChI is InChI=1S/C22H26N4/c1-17-8-10-19(11-9-17)22-23-18(2)21(24-22)16-25-12-14-26(15-13-25)20-6-4-3-5-7-20/h3-11H,12-16H2,1-2H3,(H,23,24). The van der Waals surface area contributed by atoms with E-state index in [1.165, 1.54) is 16.9 Å². The first kappa shape index (κ1) is 16.9. The molecular formula is C22H26N4. The second-order valence-electron chi connectivity index (χ2n) is 7.12. The highest BCUT2D eigenvalue weighted by Gasteiger charge is 2.19. The molecule has 0 radical (unpaired) electrons. The number of aryl methyl sites for hydroxylation is 2. The van der Waals surface area contributed by atoms with Gasteiger partial charge < -0.3 is 9.88 Å². The lowest BCUT2D eigenvalue weighted by molar-refractivity contribution is 0.247. The molecule has 0 amide bonds. The van der Waals surface area contributed by atoms with Gasteiger partial charge in [-0.15, -0.1) is 0 Å². The number of aromatic nitrogens is 2. The average Bonchev–Trinajstić information content (AvgIpc) is 3.04. The number of nitrogens with zero attached hydrogens (tertiary/aromatic N) is 3. The van der Waals surface area contributed by atoms with Crippen LogP contribution in [0.25, 0.3) is 11.4 Å². The Kier molecular flexibility index (Phi) is 4.76. The van der Waals surface area contributed by atoms with Gasteiger partial charge in [-0.2, -0.15) is 0 Å². The molecule has 0 aliphatic carbocycles. The minimum Gasteiger partial charge on any atom is -0.369 e. The van der Waals surface area contributed by atoms with Gasteiger partial charge in [0.05, 0.1) is 5.69 Å². The van der Waals surface area contributed by atoms with E-state index in [1.54, 1.807) is 0 Å². The molecule has 4 nitrogen and oxygen atoms in total. The van der Waals surface area contributed by atoms with E-state index in [4.69, 9.17) is 4.98 Å². The molecule has 1 aromatic heterocycles. The third kappa shape index (κ3) is 3.65. The number of H-pyrrole nitrogens is 1. The summed E-state index contributed by atoms with van der Waals surface area (Å²) in [6, 6.07) is 19.2. The minimum atomic E-state index is 0.914. The van der Waals surface area contributed by atoms with Crippen molar-refractivity contribution in [3.05, 3.63) is 71.5 Å². The Morgan fingerprint density at radius 1 is 0.885 bits per heavy atom. The van der Waals surface area contributed by atoms with Gasteiger partial charge in [0, 0.05) is 49.7 Å². The fraction of sp³-hybridized carbons (Fsp3) is 0.318. The molecular weight excluding hydrogens is 320 g/mol. The molecule has 1 fully saturated rings. The summed E-state index contributed by atoms with van der Waals surface area (Å²) in [4.78, 5) is 13.3. The SMILES string of the molecule is Cc1ccc(-c2nc(CN3CCN(c4ccccc4)CC3)c(C)[nH]2)cc1. The minimum absolute atomic E-state index is 0.914. The van der Waals surface area contributed by atoms with E-state index < -0.39 is 0 Å². The fourth-order valence-electron chi connectivity index (χ4n) is 3.51. The highest BCUT2D eigenvalue weighted by Crippen LogP contribution is 2.21. The van der Waals surface area contributed by atoms with Crippen LogP contribution in [0.15, 0.2) is 54.6 Å². The van der Waals surface area contributed by atoms with E-state index in [0.717, 1.165) is 49.8 Å². The second kappa shape index (κ2) is 7.34. The monoisotopic (exact) mass is 346 g/mol. The average molecular weight is 346 g/mol. The molecule has 3 aromatic rings. The van der Waals surface area contributed by atoms with Crippen LogP contribution in [0.1, 0.15) is 17.0 Å². The lowest BCUT2D eigenvalue weighted by atomic mass is 10.1. The molecule has 26 heavy (non-hydrogen) atoms. The van der Waals surface area contributed by atoms with Crippen molar-refractivity contribution >= 4 is 5.69 Å². The van der Waals surface area contributed by atoms with Crippen molar-refractivity contribution in [1.82, 2.24) is 14.9 Å². The molecule has 0 atom stereocenters. The number of piperazine rings is 1. The zero-order valence-electron chi connectivity index (χ0n) is 15.6. The summed E-state index contributed by atoms with van der Waals surface area (Å²) < 4.78 is 0. The van der Waals surface area contributed by atoms with Crippen LogP contribution < -0.4 is 4.90 Å². The molecule has 0 bridgehead atoms. The Hall–Kier alpha value is -2.59. The van der Waals surface area contributed by atoms with Crippen molar-refractivity contribution in [3.63, 3.8) is 0 Å². The molecule has 0 unspecified atom stereocenters. The van der Waals surface area contributed by atoms with E-state index in [0.29, 0.717) is 0 Å². The number of hydrogen-bond donors (Lipinski definition) is 1. The summed E-state index contributed by atoms with van der Waals surface area (Å²) >= 11 is 0. The molecule has 2 heterocycles. The van der Waals surface area contributed by atoms with E-state index in [1.807, 2.05) is 0 Å². The maximum atomic E-state index is 4.87. The molecule has 0 spiro atoms. The maximum absolute atomic E-state index is 4.87. The van der Waals surface area contributed by atoms with Gasteiger partial charge in [-0.3, -0.25) is 4.90 Å². The zero-order chi connectivity index (χ0) is 17.9. The first-order valence-corrected chi connectivity index (χ1v) is 9.34. The number of nitrogens with one attached hydrogen (secondary N) is 1. The van der Waals surface area contributed by atoms with Gasteiger partial charge in [-0.1, -0.05) is 48.0 Å². The second-order valence-corrected chi connectivity index (χ2v) is 7.12. The Morgan fingerprint density at radius 2 is 1.58 bits per heavy atom. The van der Waals surface area contributed by atoms with Gasteiger partial charge >= 0.3 is 0 Å². The maximum Gasteiger partial charge on any atom is 0.137 e. The summed E-state index contributed by atoms with van der Waals surface area (Å²) in [6.07, 6.45) is 0. The van der Waals surface area contributed by atoms with Crippen LogP contribution in [0, 0.1) is 13.8 Å². The predicted molar refractivity (Wildman–Crippen MR) is 107 cm³/mol. The third-order valence-electron chi connectivity index (χ3n) is 5.18. The quantitative estimate of drug-likeness (QED) is 0.775. The van der Waals surface area contributed by atoms with E-state index >= 15 is 0 Å². The van der Waals surface area contributed by atoms with Crippen LogP contribution in [0.5, 0.6) is 0 Å². The first-order valence-electron chi connectivity index (χ1n) is 9.34. The number of aromatic amines is 1. The summed E-state index contributed by atoms with van der Waals surface area (Å²) in [6.45, 7) is 9.42. The van der Waals surface area contributed by atoms with E-state index in [2.05, 4.69) is 83.2 Å². The summed E-state index contributed by atoms with van der Waals surface area (Å²) in [5.74, 6) is 0.973. The van der Waals surface area contributed by atoms with Crippen molar-refractivity contribution in [2.75, 3.05) is 31.1 Å². The van der Waals surface area contributed by atoms with Crippen LogP contribution >= 0.6 is 0 Å². The van der Waals surface area contributed by atoms with E-state index in [9.17, 15) is 0 Å². The number of benzene rings is 2. The molecule has 1 saturated heterocycles. The highest BCUT2D eigenvalue weighted by atomic mass is 15.3. The van der Waals surface area contributed by atoms with Gasteiger partial charge in [0.15, 0.2) is 0 Å². The lowest BCUT2D eigenvalue weighted by Crippen LogP contribution is -2.46. The normalized spacial score (nSPS) is 15.4. The zero-order valence-corrected chi connectivity index (χ0v) is 15.6. The molecule has 1 aliphatic heterocycles. The summed E-state index contributed by atoms with van der Waals surface area (Å²) in [5.41, 5.74) is 6.08. The van der Waals surface area contributed by atoms with Gasteiger partial charge in [-0.05, 0) is 26.0 Å². The largest absolute Gasteiger partial charge is 0.369 e. The fourth-order valence-corrected chi connectivity index (χ4v) is 3.51. The van der Waals surface area contributed by atoms with E-state index in [-0.39, 0.29) is 0 Å². The number of hydrogen-bond acceptors (Lipinski definition) is 3. The molecule has 4 heteroatoms. The topological polar surface area (TPSA) is 35.2 Å². The van der Waals surface area contributed by atoms with Crippen LogP contribution in [0.3, 0.4) is 0 Å². The molecule has 2 aromatic carbocycles. The highest BCUT2D eigenvalue weighted by molar-refractivity contribution is 5.56. The van der Waals surface area contributed by atoms with Gasteiger partial charge in [0.1, 0.15) is 5.82 Å². The van der Waals surface area contributed by atoms with Gasteiger partial charge in [-0.25, -0.2) is 4.98 Å². The Balaban J connectivity index is 1.40.